The third-order valence-corrected chi connectivity index (χ3v) is 3.02. The third-order valence-electron chi connectivity index (χ3n) is 3.02. The minimum atomic E-state index is 1.31. The van der Waals surface area contributed by atoms with Crippen molar-refractivity contribution in [1.82, 2.24) is 15.0 Å². The van der Waals surface area contributed by atoms with E-state index in [9.17, 15) is 0 Å². The summed E-state index contributed by atoms with van der Waals surface area (Å²) in [7, 11) is 1.39. The Morgan fingerprint density at radius 1 is 0.650 bits per heavy atom. The first-order valence-electron chi connectivity index (χ1n) is 6.38. The Balaban J connectivity index is 0.000000170. The molecule has 0 radical (unpaired) electrons. The van der Waals surface area contributed by atoms with Crippen molar-refractivity contribution in [3.63, 3.8) is 0 Å². The van der Waals surface area contributed by atoms with Gasteiger partial charge in [-0.1, -0.05) is 48.5 Å². The second-order valence-corrected chi connectivity index (χ2v) is 4.34. The van der Waals surface area contributed by atoms with Crippen LogP contribution in [0.25, 0.3) is 21.5 Å². The second kappa shape index (κ2) is 6.02. The van der Waals surface area contributed by atoms with Gasteiger partial charge in [0.1, 0.15) is 0 Å². The molecule has 0 amide bonds. The molecule has 4 rings (SSSR count). The monoisotopic (exact) mass is 257 g/mol. The zero-order chi connectivity index (χ0) is 13.6. The molecule has 0 aliphatic carbocycles. The van der Waals surface area contributed by atoms with E-state index < -0.39 is 0 Å². The van der Waals surface area contributed by atoms with Gasteiger partial charge in [-0.2, -0.15) is 0 Å². The molecule has 1 aromatic heterocycles. The number of rotatable bonds is 0. The first-order valence-corrected chi connectivity index (χ1v) is 6.38. The molecule has 3 nitrogen and oxygen atoms in total. The van der Waals surface area contributed by atoms with Crippen LogP contribution in [0.15, 0.2) is 73.1 Å². The molecule has 94 valence electrons. The normalized spacial score (nSPS) is 9.80. The molecular weight excluding hydrogens is 245 g/mol. The summed E-state index contributed by atoms with van der Waals surface area (Å²) < 4.78 is 0. The van der Waals surface area contributed by atoms with Crippen LogP contribution < -0.4 is 0 Å². The van der Waals surface area contributed by atoms with Gasteiger partial charge in [0.2, 0.25) is 0 Å². The van der Waals surface area contributed by atoms with Crippen LogP contribution in [-0.2, 0) is 0 Å². The maximum absolute atomic E-state index is 3.61. The van der Waals surface area contributed by atoms with Crippen LogP contribution in [0.4, 0.5) is 0 Å². The fraction of sp³-hybridized carbons (Fsp3) is 0. The van der Waals surface area contributed by atoms with Gasteiger partial charge in [0.15, 0.2) is 0 Å². The summed E-state index contributed by atoms with van der Waals surface area (Å²) in [6, 6.07) is 21.4. The molecule has 0 spiro atoms. The molecule has 0 saturated heterocycles. The van der Waals surface area contributed by atoms with Gasteiger partial charge in [0.25, 0.3) is 0 Å². The largest absolute Gasteiger partial charge is 0.0616 e. The topological polar surface area (TPSA) is 38.7 Å². The van der Waals surface area contributed by atoms with E-state index in [0.717, 1.165) is 0 Å². The number of hydrogen-bond donors (Lipinski definition) is 0. The van der Waals surface area contributed by atoms with E-state index >= 15 is 0 Å². The summed E-state index contributed by atoms with van der Waals surface area (Å²) in [5.74, 6) is 0. The quantitative estimate of drug-likeness (QED) is 0.454. The van der Waals surface area contributed by atoms with Crippen molar-refractivity contribution in [2.24, 2.45) is 0 Å². The Hall–Kier alpha value is -2.62. The summed E-state index contributed by atoms with van der Waals surface area (Å²) in [5.41, 5.74) is 0. The van der Waals surface area contributed by atoms with Crippen molar-refractivity contribution in [3.8, 4) is 0 Å². The van der Waals surface area contributed by atoms with Gasteiger partial charge in [0, 0.05) is 0 Å². The first-order chi connectivity index (χ1) is 9.93. The van der Waals surface area contributed by atoms with Crippen molar-refractivity contribution >= 4 is 28.7 Å². The number of hydrogen-bond acceptors (Lipinski definition) is 3. The van der Waals surface area contributed by atoms with Crippen molar-refractivity contribution in [2.45, 2.75) is 0 Å². The standard InChI is InChI=1S/C14H10.C2H2BN3/c1-2-6-12-10-14-8-4-3-7-13(14)9-11(12)5-1;1-2-5-6-3-4-1/h1-10H;1-2H. The van der Waals surface area contributed by atoms with Gasteiger partial charge in [-0.25, -0.2) is 0 Å². The zero-order valence-corrected chi connectivity index (χ0v) is 10.8. The van der Waals surface area contributed by atoms with Crippen molar-refractivity contribution in [3.05, 3.63) is 73.1 Å². The fourth-order valence-electron chi connectivity index (χ4n) is 2.09. The van der Waals surface area contributed by atoms with Gasteiger partial charge < -0.3 is 0 Å². The summed E-state index contributed by atoms with van der Waals surface area (Å²) in [5, 5.41) is 12.1. The number of fused-ring (bicyclic) bond motifs is 2. The minimum absolute atomic E-state index is 1.31. The molecule has 0 bridgehead atoms. The summed E-state index contributed by atoms with van der Waals surface area (Å²) in [6.45, 7) is 0. The summed E-state index contributed by atoms with van der Waals surface area (Å²) in [4.78, 5) is 3.61. The minimum Gasteiger partial charge on any atom is -0.0616 e. The van der Waals surface area contributed by atoms with E-state index in [2.05, 4.69) is 75.7 Å². The van der Waals surface area contributed by atoms with E-state index in [0.29, 0.717) is 0 Å². The Kier molecular flexibility index (Phi) is 3.74. The molecule has 0 atom stereocenters. The van der Waals surface area contributed by atoms with Crippen molar-refractivity contribution in [1.29, 1.82) is 0 Å². The average molecular weight is 257 g/mol. The Labute approximate surface area is 117 Å². The summed E-state index contributed by atoms with van der Waals surface area (Å²) >= 11 is 0. The maximum Gasteiger partial charge on any atom is -0.0178 e. The van der Waals surface area contributed by atoms with Crippen LogP contribution >= 0.6 is 0 Å². The molecule has 0 aliphatic rings. The predicted molar refractivity (Wildman–Crippen MR) is 82.6 cm³/mol. The molecule has 4 heteroatoms. The third kappa shape index (κ3) is 2.86. The molecule has 3 aromatic carbocycles. The van der Waals surface area contributed by atoms with Gasteiger partial charge in [-0.3, -0.25) is 0 Å². The van der Waals surface area contributed by atoms with E-state index in [1.165, 1.54) is 34.9 Å². The van der Waals surface area contributed by atoms with Gasteiger partial charge in [0.05, 0.1) is 0 Å². The Bertz CT molecular complexity index is 687. The number of nitrogens with zero attached hydrogens (tertiary/aromatic N) is 3. The fourth-order valence-corrected chi connectivity index (χ4v) is 2.09. The molecule has 4 aromatic rings. The second-order valence-electron chi connectivity index (χ2n) is 4.34. The van der Waals surface area contributed by atoms with Crippen molar-refractivity contribution in [2.75, 3.05) is 0 Å². The van der Waals surface area contributed by atoms with Crippen LogP contribution in [0.5, 0.6) is 0 Å². The smallest absolute Gasteiger partial charge is 0.0178 e. The predicted octanol–water partition coefficient (Wildman–Crippen LogP) is 3.20. The van der Waals surface area contributed by atoms with Crippen LogP contribution in [0.1, 0.15) is 0 Å². The average Bonchev–Trinajstić information content (AvgIpc) is 2.55. The molecular formula is C16H12BN3. The SMILES string of the molecule is b1nccnn1.c1ccc2cc3ccccc3cc2c1. The van der Waals surface area contributed by atoms with Crippen LogP contribution in [0, 0.1) is 0 Å². The Morgan fingerprint density at radius 3 is 1.40 bits per heavy atom. The maximum atomic E-state index is 3.61. The van der Waals surface area contributed by atoms with E-state index in [4.69, 9.17) is 0 Å². The number of aromatic nitrogens is 3. The molecule has 0 aliphatic heterocycles. The van der Waals surface area contributed by atoms with E-state index in [1.807, 2.05) is 0 Å². The van der Waals surface area contributed by atoms with E-state index in [1.54, 1.807) is 6.20 Å². The first kappa shape index (κ1) is 12.4. The zero-order valence-electron chi connectivity index (χ0n) is 10.8. The molecule has 20 heavy (non-hydrogen) atoms. The van der Waals surface area contributed by atoms with Gasteiger partial charge in [-0.05, 0) is 33.7 Å². The summed E-state index contributed by atoms with van der Waals surface area (Å²) in [6.07, 6.45) is 3.10. The van der Waals surface area contributed by atoms with Crippen molar-refractivity contribution < 1.29 is 0 Å². The molecule has 0 fully saturated rings. The van der Waals surface area contributed by atoms with Gasteiger partial charge >= 0.3 is 34.6 Å². The van der Waals surface area contributed by atoms with E-state index in [-0.39, 0.29) is 0 Å². The van der Waals surface area contributed by atoms with Crippen LogP contribution in [0.2, 0.25) is 0 Å². The number of benzene rings is 3. The molecule has 0 unspecified atom stereocenters. The van der Waals surface area contributed by atoms with Crippen LogP contribution in [-0.4, -0.2) is 22.2 Å². The molecule has 1 heterocycles. The van der Waals surface area contributed by atoms with Crippen LogP contribution in [0.3, 0.4) is 0 Å². The van der Waals surface area contributed by atoms with Gasteiger partial charge in [-0.15, -0.1) is 0 Å². The Morgan fingerprint density at radius 2 is 1.15 bits per heavy atom. The molecule has 0 N–H and O–H groups in total. The molecule has 0 saturated carbocycles.